The summed E-state index contributed by atoms with van der Waals surface area (Å²) < 4.78 is 14.5. The Labute approximate surface area is 134 Å². The SMILES string of the molecule is Fc1cc(CC(CBr)c2ccccc2Br)ccc1Cl. The largest absolute Gasteiger partial charge is 0.205 e. The monoisotopic (exact) mass is 404 g/mol. The Morgan fingerprint density at radius 3 is 2.53 bits per heavy atom. The highest BCUT2D eigenvalue weighted by molar-refractivity contribution is 9.10. The van der Waals surface area contributed by atoms with Crippen LogP contribution in [0.2, 0.25) is 5.02 Å². The van der Waals surface area contributed by atoms with Crippen molar-refractivity contribution in [1.29, 1.82) is 0 Å². The lowest BCUT2D eigenvalue weighted by atomic mass is 9.94. The van der Waals surface area contributed by atoms with E-state index in [1.807, 2.05) is 24.3 Å². The summed E-state index contributed by atoms with van der Waals surface area (Å²) in [5.74, 6) is -0.0734. The van der Waals surface area contributed by atoms with Crippen molar-refractivity contribution in [3.63, 3.8) is 0 Å². The molecule has 0 bridgehead atoms. The third-order valence-electron chi connectivity index (χ3n) is 3.00. The second kappa shape index (κ2) is 6.87. The molecule has 2 rings (SSSR count). The van der Waals surface area contributed by atoms with Gasteiger partial charge in [0.2, 0.25) is 0 Å². The molecule has 100 valence electrons. The summed E-state index contributed by atoms with van der Waals surface area (Å²) in [6.45, 7) is 0. The lowest BCUT2D eigenvalue weighted by molar-refractivity contribution is 0.624. The molecule has 0 aromatic heterocycles. The molecule has 0 aliphatic rings. The van der Waals surface area contributed by atoms with Gasteiger partial charge in [0.15, 0.2) is 0 Å². The van der Waals surface area contributed by atoms with Crippen LogP contribution < -0.4 is 0 Å². The van der Waals surface area contributed by atoms with Crippen LogP contribution in [0.3, 0.4) is 0 Å². The van der Waals surface area contributed by atoms with Crippen LogP contribution in [0.5, 0.6) is 0 Å². The summed E-state index contributed by atoms with van der Waals surface area (Å²) in [5.41, 5.74) is 2.16. The van der Waals surface area contributed by atoms with Crippen molar-refractivity contribution in [2.45, 2.75) is 12.3 Å². The van der Waals surface area contributed by atoms with E-state index in [-0.39, 0.29) is 16.8 Å². The minimum absolute atomic E-state index is 0.167. The minimum Gasteiger partial charge on any atom is -0.205 e. The van der Waals surface area contributed by atoms with Gasteiger partial charge in [0.1, 0.15) is 5.82 Å². The zero-order chi connectivity index (χ0) is 13.8. The molecule has 2 aromatic rings. The Kier molecular flexibility index (Phi) is 5.43. The molecule has 4 heteroatoms. The van der Waals surface area contributed by atoms with Gasteiger partial charge in [0, 0.05) is 9.80 Å². The number of alkyl halides is 1. The summed E-state index contributed by atoms with van der Waals surface area (Å²) >= 11 is 12.8. The fraction of sp³-hybridized carbons (Fsp3) is 0.200. The minimum atomic E-state index is -0.361. The van der Waals surface area contributed by atoms with Gasteiger partial charge in [-0.05, 0) is 41.7 Å². The quantitative estimate of drug-likeness (QED) is 0.550. The average Bonchev–Trinajstić information content (AvgIpc) is 2.41. The van der Waals surface area contributed by atoms with Gasteiger partial charge < -0.3 is 0 Å². The molecule has 0 spiro atoms. The molecule has 0 N–H and O–H groups in total. The van der Waals surface area contributed by atoms with Gasteiger partial charge in [0.25, 0.3) is 0 Å². The van der Waals surface area contributed by atoms with E-state index in [1.54, 1.807) is 6.07 Å². The number of halogens is 4. The predicted molar refractivity (Wildman–Crippen MR) is 85.8 cm³/mol. The first-order chi connectivity index (χ1) is 9.11. The highest BCUT2D eigenvalue weighted by Crippen LogP contribution is 2.30. The number of hydrogen-bond acceptors (Lipinski definition) is 0. The molecule has 0 aliphatic carbocycles. The molecular formula is C15H12Br2ClF. The second-order valence-electron chi connectivity index (χ2n) is 4.33. The summed E-state index contributed by atoms with van der Waals surface area (Å²) in [4.78, 5) is 0. The highest BCUT2D eigenvalue weighted by Gasteiger charge is 2.14. The van der Waals surface area contributed by atoms with E-state index >= 15 is 0 Å². The van der Waals surface area contributed by atoms with Crippen molar-refractivity contribution in [3.8, 4) is 0 Å². The predicted octanol–water partition coefficient (Wildman–Crippen LogP) is 5.96. The lowest BCUT2D eigenvalue weighted by Crippen LogP contribution is -2.05. The molecule has 0 fully saturated rings. The van der Waals surface area contributed by atoms with Crippen LogP contribution in [0, 0.1) is 5.82 Å². The van der Waals surface area contributed by atoms with Crippen molar-refractivity contribution >= 4 is 43.5 Å². The van der Waals surface area contributed by atoms with Crippen LogP contribution in [0.15, 0.2) is 46.9 Å². The first-order valence-electron chi connectivity index (χ1n) is 5.86. The van der Waals surface area contributed by atoms with E-state index in [0.29, 0.717) is 0 Å². The molecule has 0 radical (unpaired) electrons. The molecular weight excluding hydrogens is 394 g/mol. The van der Waals surface area contributed by atoms with Gasteiger partial charge in [-0.3, -0.25) is 0 Å². The maximum absolute atomic E-state index is 13.5. The van der Waals surface area contributed by atoms with Gasteiger partial charge in [-0.2, -0.15) is 0 Å². The van der Waals surface area contributed by atoms with Crippen LogP contribution >= 0.6 is 43.5 Å². The van der Waals surface area contributed by atoms with Crippen LogP contribution in [-0.4, -0.2) is 5.33 Å². The van der Waals surface area contributed by atoms with E-state index in [4.69, 9.17) is 11.6 Å². The Morgan fingerprint density at radius 2 is 1.89 bits per heavy atom. The maximum atomic E-state index is 13.5. The van der Waals surface area contributed by atoms with Gasteiger partial charge in [0.05, 0.1) is 5.02 Å². The van der Waals surface area contributed by atoms with Crippen LogP contribution in [0.25, 0.3) is 0 Å². The molecule has 0 amide bonds. The Balaban J connectivity index is 2.24. The van der Waals surface area contributed by atoms with E-state index < -0.39 is 0 Å². The molecule has 0 heterocycles. The molecule has 0 saturated heterocycles. The average molecular weight is 407 g/mol. The molecule has 0 aliphatic heterocycles. The van der Waals surface area contributed by atoms with Crippen molar-refractivity contribution in [2.75, 3.05) is 5.33 Å². The number of hydrogen-bond donors (Lipinski definition) is 0. The molecule has 1 atom stereocenters. The number of rotatable bonds is 4. The van der Waals surface area contributed by atoms with E-state index in [9.17, 15) is 4.39 Å². The zero-order valence-electron chi connectivity index (χ0n) is 10.0. The summed E-state index contributed by atoms with van der Waals surface area (Å²) in [6.07, 6.45) is 0.766. The van der Waals surface area contributed by atoms with E-state index in [1.165, 1.54) is 11.6 Å². The fourth-order valence-corrected chi connectivity index (χ4v) is 3.31. The summed E-state index contributed by atoms with van der Waals surface area (Å²) in [5, 5.41) is 0.986. The standard InChI is InChI=1S/C15H12Br2ClF/c16-9-11(12-3-1-2-4-13(12)17)7-10-5-6-14(18)15(19)8-10/h1-6,8,11H,7,9H2. The topological polar surface area (TPSA) is 0 Å². The maximum Gasteiger partial charge on any atom is 0.142 e. The second-order valence-corrected chi connectivity index (χ2v) is 6.23. The third kappa shape index (κ3) is 3.80. The van der Waals surface area contributed by atoms with Crippen molar-refractivity contribution in [3.05, 3.63) is 68.9 Å². The van der Waals surface area contributed by atoms with Gasteiger partial charge in [-0.25, -0.2) is 4.39 Å². The molecule has 2 aromatic carbocycles. The van der Waals surface area contributed by atoms with Crippen LogP contribution in [0.4, 0.5) is 4.39 Å². The number of benzene rings is 2. The van der Waals surface area contributed by atoms with Gasteiger partial charge in [-0.1, -0.05) is 67.7 Å². The normalized spacial score (nSPS) is 12.4. The van der Waals surface area contributed by atoms with Crippen LogP contribution in [-0.2, 0) is 6.42 Å². The third-order valence-corrected chi connectivity index (χ3v) is 4.81. The summed E-state index contributed by atoms with van der Waals surface area (Å²) in [6, 6.07) is 13.1. The first-order valence-corrected chi connectivity index (χ1v) is 8.15. The molecule has 1 unspecified atom stereocenters. The Hall–Kier alpha value is -0.380. The van der Waals surface area contributed by atoms with Crippen molar-refractivity contribution in [1.82, 2.24) is 0 Å². The van der Waals surface area contributed by atoms with Crippen molar-refractivity contribution < 1.29 is 4.39 Å². The first kappa shape index (κ1) is 15.0. The zero-order valence-corrected chi connectivity index (χ0v) is 14.0. The highest BCUT2D eigenvalue weighted by atomic mass is 79.9. The van der Waals surface area contributed by atoms with E-state index in [2.05, 4.69) is 37.9 Å². The van der Waals surface area contributed by atoms with Crippen LogP contribution in [0.1, 0.15) is 17.0 Å². The van der Waals surface area contributed by atoms with Crippen molar-refractivity contribution in [2.24, 2.45) is 0 Å². The van der Waals surface area contributed by atoms with E-state index in [0.717, 1.165) is 21.8 Å². The Morgan fingerprint density at radius 1 is 1.16 bits per heavy atom. The lowest BCUT2D eigenvalue weighted by Gasteiger charge is -2.16. The summed E-state index contributed by atoms with van der Waals surface area (Å²) in [7, 11) is 0. The smallest absolute Gasteiger partial charge is 0.142 e. The fourth-order valence-electron chi connectivity index (χ4n) is 2.00. The Bertz CT molecular complexity index is 572. The van der Waals surface area contributed by atoms with Gasteiger partial charge >= 0.3 is 0 Å². The molecule has 0 nitrogen and oxygen atoms in total. The molecule has 0 saturated carbocycles. The van der Waals surface area contributed by atoms with Gasteiger partial charge in [-0.15, -0.1) is 0 Å². The molecule has 19 heavy (non-hydrogen) atoms.